The normalized spacial score (nSPS) is 16.4. The maximum atomic E-state index is 5.57. The molecular weight excluding hydrogens is 182 g/mol. The monoisotopic (exact) mass is 197 g/mol. The zero-order valence-corrected chi connectivity index (χ0v) is 8.48. The van der Waals surface area contributed by atoms with Crippen LogP contribution in [0.4, 0.5) is 0 Å². The summed E-state index contributed by atoms with van der Waals surface area (Å²) >= 11 is 1.75. The largest absolute Gasteiger partial charge is 0.376 e. The van der Waals surface area contributed by atoms with E-state index in [9.17, 15) is 0 Å². The van der Waals surface area contributed by atoms with E-state index in [-0.39, 0.29) is 0 Å². The summed E-state index contributed by atoms with van der Waals surface area (Å²) in [4.78, 5) is 2.53. The van der Waals surface area contributed by atoms with Crippen molar-refractivity contribution in [2.24, 2.45) is 11.7 Å². The van der Waals surface area contributed by atoms with Gasteiger partial charge in [-0.15, -0.1) is 11.3 Å². The maximum absolute atomic E-state index is 5.57. The Morgan fingerprint density at radius 2 is 2.15 bits per heavy atom. The van der Waals surface area contributed by atoms with Gasteiger partial charge in [-0.25, -0.2) is 0 Å². The maximum Gasteiger partial charge on any atom is 0.0809 e. The molecule has 2 N–H and O–H groups in total. The first-order valence-corrected chi connectivity index (χ1v) is 5.55. The Morgan fingerprint density at radius 1 is 1.38 bits per heavy atom. The number of hydrogen-bond donors (Lipinski definition) is 1. The summed E-state index contributed by atoms with van der Waals surface area (Å²) in [5.74, 6) is 0.856. The van der Waals surface area contributed by atoms with Crippen molar-refractivity contribution in [3.05, 3.63) is 21.9 Å². The van der Waals surface area contributed by atoms with Crippen LogP contribution < -0.4 is 5.73 Å². The van der Waals surface area contributed by atoms with Gasteiger partial charge in [-0.2, -0.15) is 0 Å². The van der Waals surface area contributed by atoms with E-state index < -0.39 is 0 Å². The summed E-state index contributed by atoms with van der Waals surface area (Å²) in [6, 6.07) is 4.19. The second-order valence-corrected chi connectivity index (χ2v) is 4.78. The van der Waals surface area contributed by atoms with Crippen LogP contribution >= 0.6 is 11.3 Å². The van der Waals surface area contributed by atoms with Crippen LogP contribution in [0.1, 0.15) is 22.6 Å². The van der Waals surface area contributed by atoms with E-state index in [1.54, 1.807) is 11.3 Å². The molecule has 3 heteroatoms. The van der Waals surface area contributed by atoms with E-state index >= 15 is 0 Å². The van der Waals surface area contributed by atoms with E-state index in [0.717, 1.165) is 19.1 Å². The number of rotatable bonds is 5. The van der Waals surface area contributed by atoms with Gasteiger partial charge >= 0.3 is 0 Å². The molecule has 1 aromatic heterocycles. The number of ether oxygens (including phenoxy) is 1. The van der Waals surface area contributed by atoms with Crippen LogP contribution in [0, 0.1) is 5.92 Å². The third-order valence-corrected chi connectivity index (χ3v) is 3.29. The van der Waals surface area contributed by atoms with Crippen LogP contribution in [0.15, 0.2) is 12.1 Å². The molecule has 0 bridgehead atoms. The van der Waals surface area contributed by atoms with Crippen molar-refractivity contribution < 1.29 is 4.74 Å². The lowest BCUT2D eigenvalue weighted by Crippen LogP contribution is -1.95. The lowest BCUT2D eigenvalue weighted by atomic mass is 10.4. The first-order chi connectivity index (χ1) is 6.38. The van der Waals surface area contributed by atoms with E-state index in [2.05, 4.69) is 12.1 Å². The molecule has 2 rings (SSSR count). The molecule has 0 spiro atoms. The van der Waals surface area contributed by atoms with Crippen molar-refractivity contribution in [3.8, 4) is 0 Å². The van der Waals surface area contributed by atoms with Gasteiger partial charge in [0.2, 0.25) is 0 Å². The van der Waals surface area contributed by atoms with Crippen molar-refractivity contribution in [1.29, 1.82) is 0 Å². The van der Waals surface area contributed by atoms with Gasteiger partial charge in [0.15, 0.2) is 0 Å². The average molecular weight is 197 g/mol. The second-order valence-electron chi connectivity index (χ2n) is 3.53. The van der Waals surface area contributed by atoms with Crippen molar-refractivity contribution in [2.45, 2.75) is 26.0 Å². The highest BCUT2D eigenvalue weighted by Gasteiger charge is 2.21. The van der Waals surface area contributed by atoms with E-state index in [1.807, 2.05) is 0 Å². The molecule has 0 aromatic carbocycles. The lowest BCUT2D eigenvalue weighted by molar-refractivity contribution is 0.113. The quantitative estimate of drug-likeness (QED) is 0.785. The van der Waals surface area contributed by atoms with Gasteiger partial charge in [-0.05, 0) is 30.9 Å². The first-order valence-electron chi connectivity index (χ1n) is 4.74. The molecular formula is C10H15NOS. The lowest BCUT2D eigenvalue weighted by Gasteiger charge is -1.99. The van der Waals surface area contributed by atoms with Crippen LogP contribution in [-0.2, 0) is 17.9 Å². The van der Waals surface area contributed by atoms with Gasteiger partial charge in [0, 0.05) is 22.9 Å². The summed E-state index contributed by atoms with van der Waals surface area (Å²) in [6.07, 6.45) is 2.72. The molecule has 72 valence electrons. The van der Waals surface area contributed by atoms with E-state index in [0.29, 0.717) is 6.54 Å². The summed E-state index contributed by atoms with van der Waals surface area (Å²) in [5.41, 5.74) is 5.52. The molecule has 1 aliphatic carbocycles. The van der Waals surface area contributed by atoms with Crippen LogP contribution in [0.2, 0.25) is 0 Å². The minimum Gasteiger partial charge on any atom is -0.376 e. The van der Waals surface area contributed by atoms with Gasteiger partial charge < -0.3 is 10.5 Å². The van der Waals surface area contributed by atoms with Crippen LogP contribution in [0.25, 0.3) is 0 Å². The smallest absolute Gasteiger partial charge is 0.0809 e. The van der Waals surface area contributed by atoms with Gasteiger partial charge in [0.25, 0.3) is 0 Å². The van der Waals surface area contributed by atoms with Crippen LogP contribution in [-0.4, -0.2) is 6.61 Å². The third-order valence-electron chi connectivity index (χ3n) is 2.21. The van der Waals surface area contributed by atoms with Crippen molar-refractivity contribution in [1.82, 2.24) is 0 Å². The molecule has 1 fully saturated rings. The Balaban J connectivity index is 1.72. The standard InChI is InChI=1S/C10H15NOS/c11-5-9-3-4-10(13-9)7-12-6-8-1-2-8/h3-4,8H,1-2,5-7,11H2. The minimum absolute atomic E-state index is 0.646. The molecule has 1 heterocycles. The van der Waals surface area contributed by atoms with Gasteiger partial charge in [-0.1, -0.05) is 0 Å². The number of nitrogens with two attached hydrogens (primary N) is 1. The van der Waals surface area contributed by atoms with Crippen molar-refractivity contribution in [3.63, 3.8) is 0 Å². The molecule has 0 aliphatic heterocycles. The van der Waals surface area contributed by atoms with Crippen molar-refractivity contribution >= 4 is 11.3 Å². The van der Waals surface area contributed by atoms with Gasteiger partial charge in [0.1, 0.15) is 0 Å². The zero-order chi connectivity index (χ0) is 9.10. The highest BCUT2D eigenvalue weighted by Crippen LogP contribution is 2.29. The Hall–Kier alpha value is -0.380. The first kappa shape index (κ1) is 9.19. The zero-order valence-electron chi connectivity index (χ0n) is 7.66. The molecule has 2 nitrogen and oxygen atoms in total. The summed E-state index contributed by atoms with van der Waals surface area (Å²) < 4.78 is 5.57. The topological polar surface area (TPSA) is 35.2 Å². The van der Waals surface area contributed by atoms with E-state index in [1.165, 1.54) is 22.6 Å². The molecule has 1 aromatic rings. The van der Waals surface area contributed by atoms with Crippen LogP contribution in [0.5, 0.6) is 0 Å². The predicted octanol–water partition coefficient (Wildman–Crippen LogP) is 2.13. The Labute approximate surface area is 82.7 Å². The molecule has 13 heavy (non-hydrogen) atoms. The Morgan fingerprint density at radius 3 is 2.77 bits per heavy atom. The molecule has 0 radical (unpaired) electrons. The Bertz CT molecular complexity index is 268. The average Bonchev–Trinajstić information content (AvgIpc) is 2.84. The predicted molar refractivity (Wildman–Crippen MR) is 54.6 cm³/mol. The van der Waals surface area contributed by atoms with Crippen molar-refractivity contribution in [2.75, 3.05) is 6.61 Å². The van der Waals surface area contributed by atoms with Gasteiger partial charge in [-0.3, -0.25) is 0 Å². The highest BCUT2D eigenvalue weighted by molar-refractivity contribution is 7.11. The summed E-state index contributed by atoms with van der Waals surface area (Å²) in [7, 11) is 0. The minimum atomic E-state index is 0.646. The Kier molecular flexibility index (Phi) is 2.98. The fourth-order valence-electron chi connectivity index (χ4n) is 1.22. The molecule has 0 atom stereocenters. The fraction of sp³-hybridized carbons (Fsp3) is 0.600. The fourth-order valence-corrected chi connectivity index (χ4v) is 2.05. The number of thiophene rings is 1. The molecule has 0 saturated heterocycles. The van der Waals surface area contributed by atoms with Crippen LogP contribution in [0.3, 0.4) is 0 Å². The number of hydrogen-bond acceptors (Lipinski definition) is 3. The highest BCUT2D eigenvalue weighted by atomic mass is 32.1. The summed E-state index contributed by atoms with van der Waals surface area (Å²) in [6.45, 7) is 2.35. The molecule has 0 amide bonds. The second kappa shape index (κ2) is 4.22. The SMILES string of the molecule is NCc1ccc(COCC2CC2)s1. The summed E-state index contributed by atoms with van der Waals surface area (Å²) in [5, 5.41) is 0. The molecule has 1 aliphatic rings. The van der Waals surface area contributed by atoms with E-state index in [4.69, 9.17) is 10.5 Å². The molecule has 0 unspecified atom stereocenters. The molecule has 1 saturated carbocycles. The van der Waals surface area contributed by atoms with Gasteiger partial charge in [0.05, 0.1) is 6.61 Å². The third kappa shape index (κ3) is 2.79.